The molecule has 0 aliphatic rings. The second-order valence-electron chi connectivity index (χ2n) is 5.37. The number of ether oxygens (including phenoxy) is 1. The number of benzene rings is 2. The maximum Gasteiger partial charge on any atom is 0.416 e. The average Bonchev–Trinajstić information content (AvgIpc) is 2.60. The minimum atomic E-state index is -4.54. The van der Waals surface area contributed by atoms with Gasteiger partial charge < -0.3 is 9.26 Å². The molecule has 0 N–H and O–H groups in total. The molecule has 0 aliphatic heterocycles. The molecule has 1 atom stereocenters. The van der Waals surface area contributed by atoms with Gasteiger partial charge in [0.2, 0.25) is 0 Å². The molecule has 0 saturated heterocycles. The van der Waals surface area contributed by atoms with E-state index in [9.17, 15) is 27.9 Å². The van der Waals surface area contributed by atoms with Crippen LogP contribution in [0.15, 0.2) is 36.4 Å². The monoisotopic (exact) mass is 423 g/mol. The van der Waals surface area contributed by atoms with Gasteiger partial charge in [0.15, 0.2) is 8.03 Å². The Bertz CT molecular complexity index is 876. The summed E-state index contributed by atoms with van der Waals surface area (Å²) < 4.78 is 59.6. The van der Waals surface area contributed by atoms with Gasteiger partial charge in [-0.25, -0.2) is 0 Å². The summed E-state index contributed by atoms with van der Waals surface area (Å²) in [6.07, 6.45) is -4.33. The summed E-state index contributed by atoms with van der Waals surface area (Å²) in [5.74, 6) is 0.115. The van der Waals surface area contributed by atoms with Crippen molar-refractivity contribution in [2.75, 3.05) is 13.3 Å². The van der Waals surface area contributed by atoms with Gasteiger partial charge in [-0.05, 0) is 36.8 Å². The van der Waals surface area contributed by atoms with E-state index in [-0.39, 0.29) is 40.4 Å². The number of hydrogen-bond acceptors (Lipinski definition) is 5. The predicted molar refractivity (Wildman–Crippen MR) is 94.2 cm³/mol. The molecule has 2 aromatic carbocycles. The third-order valence-electron chi connectivity index (χ3n) is 3.56. The van der Waals surface area contributed by atoms with Crippen LogP contribution in [-0.4, -0.2) is 18.2 Å². The minimum Gasteiger partial charge on any atom is -0.456 e. The number of aryl methyl sites for hydroxylation is 1. The molecule has 11 heteroatoms. The molecular weight excluding hydrogens is 410 g/mol. The smallest absolute Gasteiger partial charge is 0.416 e. The molecule has 0 fully saturated rings. The largest absolute Gasteiger partial charge is 0.456 e. The number of halogens is 4. The number of nitrogens with zero attached hydrogens (tertiary/aromatic N) is 1. The van der Waals surface area contributed by atoms with Crippen LogP contribution in [0.25, 0.3) is 0 Å². The van der Waals surface area contributed by atoms with Gasteiger partial charge in [0.1, 0.15) is 11.5 Å². The highest BCUT2D eigenvalue weighted by Gasteiger charge is 2.31. The molecule has 0 spiro atoms. The highest BCUT2D eigenvalue weighted by atomic mass is 35.5. The van der Waals surface area contributed by atoms with Crippen LogP contribution in [0, 0.1) is 10.1 Å². The summed E-state index contributed by atoms with van der Waals surface area (Å²) in [7, 11) is -1.03. The standard InChI is InChI=1S/C16H14ClF3NO5P/c1-25-27(24)7-6-10-8-12(3-4-14(10)21(22)23)26-15-5-2-11(9-13(15)17)16(18,19)20/h2-5,8-9,27H,6-7H2,1H3. The van der Waals surface area contributed by atoms with Crippen LogP contribution in [0.1, 0.15) is 11.1 Å². The molecule has 0 aliphatic carbocycles. The van der Waals surface area contributed by atoms with Crippen molar-refractivity contribution in [3.63, 3.8) is 0 Å². The van der Waals surface area contributed by atoms with Crippen LogP contribution in [0.2, 0.25) is 5.02 Å². The van der Waals surface area contributed by atoms with Crippen molar-refractivity contribution in [2.24, 2.45) is 0 Å². The van der Waals surface area contributed by atoms with E-state index in [2.05, 4.69) is 4.52 Å². The Kier molecular flexibility index (Phi) is 6.86. The van der Waals surface area contributed by atoms with E-state index < -0.39 is 24.7 Å². The highest BCUT2D eigenvalue weighted by Crippen LogP contribution is 2.37. The van der Waals surface area contributed by atoms with Crippen LogP contribution in [0.4, 0.5) is 18.9 Å². The summed E-state index contributed by atoms with van der Waals surface area (Å²) in [5, 5.41) is 10.9. The Hall–Kier alpha value is -2.09. The molecule has 2 aromatic rings. The van der Waals surface area contributed by atoms with Crippen LogP contribution in [0.5, 0.6) is 11.5 Å². The van der Waals surface area contributed by atoms with Crippen molar-refractivity contribution >= 4 is 25.3 Å². The van der Waals surface area contributed by atoms with Crippen LogP contribution in [0.3, 0.4) is 0 Å². The van der Waals surface area contributed by atoms with Crippen LogP contribution < -0.4 is 4.74 Å². The second kappa shape index (κ2) is 8.73. The summed E-state index contributed by atoms with van der Waals surface area (Å²) in [6.45, 7) is 0. The number of alkyl halides is 3. The lowest BCUT2D eigenvalue weighted by atomic mass is 10.1. The van der Waals surface area contributed by atoms with E-state index in [1.54, 1.807) is 0 Å². The fraction of sp³-hybridized carbons (Fsp3) is 0.250. The van der Waals surface area contributed by atoms with Crippen LogP contribution in [-0.2, 0) is 21.7 Å². The number of hydrogen-bond donors (Lipinski definition) is 0. The van der Waals surface area contributed by atoms with Gasteiger partial charge in [-0.1, -0.05) is 11.6 Å². The average molecular weight is 424 g/mol. The van der Waals surface area contributed by atoms with Gasteiger partial charge in [-0.15, -0.1) is 0 Å². The van der Waals surface area contributed by atoms with E-state index in [0.29, 0.717) is 0 Å². The predicted octanol–water partition coefficient (Wildman–Crippen LogP) is 5.72. The Morgan fingerprint density at radius 1 is 1.22 bits per heavy atom. The fourth-order valence-electron chi connectivity index (χ4n) is 2.23. The lowest BCUT2D eigenvalue weighted by Gasteiger charge is -2.12. The zero-order chi connectivity index (χ0) is 20.2. The number of nitro groups is 1. The van der Waals surface area contributed by atoms with Crippen molar-refractivity contribution < 1.29 is 31.9 Å². The van der Waals surface area contributed by atoms with Gasteiger partial charge in [-0.3, -0.25) is 14.7 Å². The SMILES string of the molecule is CO[PH](=O)CCc1cc(Oc2ccc(C(F)(F)F)cc2Cl)ccc1[N+](=O)[O-]. The number of rotatable bonds is 7. The zero-order valence-corrected chi connectivity index (χ0v) is 15.6. The summed E-state index contributed by atoms with van der Waals surface area (Å²) in [4.78, 5) is 10.5. The van der Waals surface area contributed by atoms with Gasteiger partial charge >= 0.3 is 6.18 Å². The first-order valence-electron chi connectivity index (χ1n) is 7.50. The molecule has 0 saturated carbocycles. The Labute approximate surface area is 157 Å². The second-order valence-corrected chi connectivity index (χ2v) is 7.43. The van der Waals surface area contributed by atoms with E-state index in [1.807, 2.05) is 0 Å². The Morgan fingerprint density at radius 2 is 1.93 bits per heavy atom. The Morgan fingerprint density at radius 3 is 2.48 bits per heavy atom. The molecular formula is C16H14ClF3NO5P. The number of nitro benzene ring substituents is 1. The summed E-state index contributed by atoms with van der Waals surface area (Å²) in [5.41, 5.74) is -0.850. The first-order valence-corrected chi connectivity index (χ1v) is 9.40. The van der Waals surface area contributed by atoms with E-state index in [1.165, 1.54) is 25.3 Å². The molecule has 27 heavy (non-hydrogen) atoms. The van der Waals surface area contributed by atoms with Crippen LogP contribution >= 0.6 is 19.6 Å². The maximum absolute atomic E-state index is 12.7. The third-order valence-corrected chi connectivity index (χ3v) is 4.97. The zero-order valence-electron chi connectivity index (χ0n) is 13.9. The third kappa shape index (κ3) is 5.69. The molecule has 0 radical (unpaired) electrons. The molecule has 146 valence electrons. The summed E-state index contributed by atoms with van der Waals surface area (Å²) >= 11 is 5.84. The van der Waals surface area contributed by atoms with Crippen molar-refractivity contribution in [1.82, 2.24) is 0 Å². The molecule has 0 heterocycles. The van der Waals surface area contributed by atoms with E-state index in [4.69, 9.17) is 16.3 Å². The van der Waals surface area contributed by atoms with Crippen molar-refractivity contribution in [2.45, 2.75) is 12.6 Å². The highest BCUT2D eigenvalue weighted by molar-refractivity contribution is 7.39. The molecule has 0 amide bonds. The van der Waals surface area contributed by atoms with Gasteiger partial charge in [0.25, 0.3) is 5.69 Å². The molecule has 2 rings (SSSR count). The first kappa shape index (κ1) is 21.2. The van der Waals surface area contributed by atoms with E-state index in [0.717, 1.165) is 18.2 Å². The van der Waals surface area contributed by atoms with Crippen molar-refractivity contribution in [3.8, 4) is 11.5 Å². The van der Waals surface area contributed by atoms with Gasteiger partial charge in [0, 0.05) is 24.9 Å². The van der Waals surface area contributed by atoms with Gasteiger partial charge in [-0.2, -0.15) is 13.2 Å². The van der Waals surface area contributed by atoms with Gasteiger partial charge in [0.05, 0.1) is 15.5 Å². The molecule has 0 bridgehead atoms. The molecule has 0 aromatic heterocycles. The fourth-order valence-corrected chi connectivity index (χ4v) is 3.13. The quantitative estimate of drug-likeness (QED) is 0.323. The normalized spacial score (nSPS) is 12.6. The topological polar surface area (TPSA) is 78.7 Å². The first-order chi connectivity index (χ1) is 12.6. The summed E-state index contributed by atoms with van der Waals surface area (Å²) in [6, 6.07) is 6.47. The molecule has 6 nitrogen and oxygen atoms in total. The van der Waals surface area contributed by atoms with E-state index >= 15 is 0 Å². The lowest BCUT2D eigenvalue weighted by molar-refractivity contribution is -0.385. The Balaban J connectivity index is 2.28. The van der Waals surface area contributed by atoms with Crippen molar-refractivity contribution in [1.29, 1.82) is 0 Å². The maximum atomic E-state index is 12.7. The van der Waals surface area contributed by atoms with Crippen molar-refractivity contribution in [3.05, 3.63) is 62.7 Å². The molecule has 1 unspecified atom stereocenters. The lowest BCUT2D eigenvalue weighted by Crippen LogP contribution is -2.04. The minimum absolute atomic E-state index is 0.0325.